The Labute approximate surface area is 169 Å². The number of fused-ring (bicyclic) bond motifs is 1. The summed E-state index contributed by atoms with van der Waals surface area (Å²) in [5.41, 5.74) is 0.413. The molecule has 4 rings (SSSR count). The van der Waals surface area contributed by atoms with E-state index in [1.54, 1.807) is 30.5 Å². The van der Waals surface area contributed by atoms with Crippen molar-refractivity contribution in [3.63, 3.8) is 0 Å². The van der Waals surface area contributed by atoms with Crippen LogP contribution in [0.1, 0.15) is 0 Å². The van der Waals surface area contributed by atoms with Crippen LogP contribution in [0.15, 0.2) is 77.0 Å². The van der Waals surface area contributed by atoms with E-state index in [1.165, 1.54) is 13.4 Å². The van der Waals surface area contributed by atoms with Crippen molar-refractivity contribution in [1.82, 2.24) is 15.0 Å². The van der Waals surface area contributed by atoms with Crippen molar-refractivity contribution in [2.75, 3.05) is 7.11 Å². The standard InChI is InChI=1S/C20H14N4O4S/c1-27-14-8-2-3-9-15(14)28-19-18(24(25)26)20(23-12-22-19)29-16-10-4-6-13-7-5-11-21-17(13)16/h2-12H,1H3. The molecule has 0 aliphatic rings. The third-order valence-electron chi connectivity index (χ3n) is 4.02. The molecule has 0 aliphatic carbocycles. The fourth-order valence-electron chi connectivity index (χ4n) is 2.72. The lowest BCUT2D eigenvalue weighted by Crippen LogP contribution is -2.01. The van der Waals surface area contributed by atoms with E-state index in [1.807, 2.05) is 30.3 Å². The molecule has 2 aromatic heterocycles. The Kier molecular flexibility index (Phi) is 5.21. The van der Waals surface area contributed by atoms with Gasteiger partial charge in [-0.2, -0.15) is 4.98 Å². The minimum Gasteiger partial charge on any atom is -0.493 e. The van der Waals surface area contributed by atoms with Gasteiger partial charge in [-0.15, -0.1) is 0 Å². The third-order valence-corrected chi connectivity index (χ3v) is 5.06. The Balaban J connectivity index is 1.77. The zero-order chi connectivity index (χ0) is 20.2. The van der Waals surface area contributed by atoms with Gasteiger partial charge in [0.1, 0.15) is 6.33 Å². The Morgan fingerprint density at radius 1 is 0.966 bits per heavy atom. The average Bonchev–Trinajstić information content (AvgIpc) is 2.74. The quantitative estimate of drug-likeness (QED) is 0.254. The lowest BCUT2D eigenvalue weighted by Gasteiger charge is -2.10. The van der Waals surface area contributed by atoms with E-state index in [4.69, 9.17) is 9.47 Å². The van der Waals surface area contributed by atoms with Crippen LogP contribution in [-0.4, -0.2) is 27.0 Å². The zero-order valence-electron chi connectivity index (χ0n) is 15.2. The molecular formula is C20H14N4O4S. The van der Waals surface area contributed by atoms with E-state index in [9.17, 15) is 10.1 Å². The summed E-state index contributed by atoms with van der Waals surface area (Å²) in [7, 11) is 1.49. The second-order valence-corrected chi connectivity index (χ2v) is 6.81. The van der Waals surface area contributed by atoms with Crippen molar-refractivity contribution < 1.29 is 14.4 Å². The fraction of sp³-hybridized carbons (Fsp3) is 0.0500. The molecule has 0 radical (unpaired) electrons. The maximum absolute atomic E-state index is 11.8. The number of methoxy groups -OCH3 is 1. The highest BCUT2D eigenvalue weighted by molar-refractivity contribution is 7.99. The van der Waals surface area contributed by atoms with Gasteiger partial charge in [0, 0.05) is 16.5 Å². The fourth-order valence-corrected chi connectivity index (χ4v) is 3.70. The van der Waals surface area contributed by atoms with Crippen molar-refractivity contribution in [3.8, 4) is 17.4 Å². The molecule has 2 aromatic carbocycles. The first-order valence-corrected chi connectivity index (χ1v) is 9.31. The molecule has 0 unspecified atom stereocenters. The molecule has 0 fully saturated rings. The summed E-state index contributed by atoms with van der Waals surface area (Å²) >= 11 is 1.14. The first-order valence-electron chi connectivity index (χ1n) is 8.49. The van der Waals surface area contributed by atoms with E-state index in [2.05, 4.69) is 15.0 Å². The van der Waals surface area contributed by atoms with Crippen molar-refractivity contribution >= 4 is 28.4 Å². The highest BCUT2D eigenvalue weighted by atomic mass is 32.2. The van der Waals surface area contributed by atoms with Crippen LogP contribution in [-0.2, 0) is 0 Å². The number of ether oxygens (including phenoxy) is 2. The molecule has 29 heavy (non-hydrogen) atoms. The lowest BCUT2D eigenvalue weighted by atomic mass is 10.2. The van der Waals surface area contributed by atoms with E-state index in [-0.39, 0.29) is 16.6 Å². The number of nitrogens with zero attached hydrogens (tertiary/aromatic N) is 4. The highest BCUT2D eigenvalue weighted by Crippen LogP contribution is 2.42. The molecule has 0 saturated heterocycles. The number of hydrogen-bond donors (Lipinski definition) is 0. The molecule has 0 N–H and O–H groups in total. The SMILES string of the molecule is COc1ccccc1Oc1ncnc(Sc2cccc3cccnc23)c1[N+](=O)[O-]. The van der Waals surface area contributed by atoms with Crippen LogP contribution in [0, 0.1) is 10.1 Å². The summed E-state index contributed by atoms with van der Waals surface area (Å²) in [4.78, 5) is 24.5. The van der Waals surface area contributed by atoms with Gasteiger partial charge in [-0.25, -0.2) is 4.98 Å². The van der Waals surface area contributed by atoms with Gasteiger partial charge in [-0.3, -0.25) is 15.1 Å². The van der Waals surface area contributed by atoms with Crippen LogP contribution in [0.4, 0.5) is 5.69 Å². The number of benzene rings is 2. The predicted octanol–water partition coefficient (Wildman–Crippen LogP) is 4.89. The number of nitro groups is 1. The minimum atomic E-state index is -0.550. The van der Waals surface area contributed by atoms with Gasteiger partial charge < -0.3 is 9.47 Å². The van der Waals surface area contributed by atoms with E-state index >= 15 is 0 Å². The molecule has 0 spiro atoms. The average molecular weight is 406 g/mol. The molecule has 0 atom stereocenters. The first-order chi connectivity index (χ1) is 14.2. The van der Waals surface area contributed by atoms with Crippen LogP contribution >= 0.6 is 11.8 Å². The summed E-state index contributed by atoms with van der Waals surface area (Å²) in [6, 6.07) is 16.2. The van der Waals surface area contributed by atoms with Crippen LogP contribution in [0.2, 0.25) is 0 Å². The van der Waals surface area contributed by atoms with Gasteiger partial charge >= 0.3 is 11.6 Å². The van der Waals surface area contributed by atoms with Crippen molar-refractivity contribution in [3.05, 3.63) is 77.2 Å². The Morgan fingerprint density at radius 2 is 1.76 bits per heavy atom. The lowest BCUT2D eigenvalue weighted by molar-refractivity contribution is -0.389. The van der Waals surface area contributed by atoms with E-state index < -0.39 is 4.92 Å². The van der Waals surface area contributed by atoms with Crippen LogP contribution in [0.5, 0.6) is 17.4 Å². The summed E-state index contributed by atoms with van der Waals surface area (Å²) < 4.78 is 11.0. The van der Waals surface area contributed by atoms with Gasteiger partial charge in [-0.05, 0) is 24.3 Å². The Hall–Kier alpha value is -3.72. The maximum Gasteiger partial charge on any atom is 0.363 e. The van der Waals surface area contributed by atoms with Gasteiger partial charge in [0.15, 0.2) is 16.5 Å². The molecule has 2 heterocycles. The van der Waals surface area contributed by atoms with Gasteiger partial charge in [-0.1, -0.05) is 42.1 Å². The number of rotatable bonds is 6. The van der Waals surface area contributed by atoms with Crippen molar-refractivity contribution in [2.45, 2.75) is 9.92 Å². The summed E-state index contributed by atoms with van der Waals surface area (Å²) in [6.45, 7) is 0. The molecule has 9 heteroatoms. The van der Waals surface area contributed by atoms with Crippen LogP contribution in [0.3, 0.4) is 0 Å². The molecule has 0 saturated carbocycles. The second-order valence-electron chi connectivity index (χ2n) is 5.78. The molecule has 0 aliphatic heterocycles. The maximum atomic E-state index is 11.8. The van der Waals surface area contributed by atoms with Crippen molar-refractivity contribution in [1.29, 1.82) is 0 Å². The number of pyridine rings is 1. The normalized spacial score (nSPS) is 10.7. The first kappa shape index (κ1) is 18.6. The largest absolute Gasteiger partial charge is 0.493 e. The van der Waals surface area contributed by atoms with Gasteiger partial charge in [0.05, 0.1) is 17.5 Å². The monoisotopic (exact) mass is 406 g/mol. The molecule has 0 amide bonds. The number of aromatic nitrogens is 3. The smallest absolute Gasteiger partial charge is 0.363 e. The molecule has 8 nitrogen and oxygen atoms in total. The van der Waals surface area contributed by atoms with Crippen LogP contribution < -0.4 is 9.47 Å². The van der Waals surface area contributed by atoms with E-state index in [0.29, 0.717) is 11.5 Å². The van der Waals surface area contributed by atoms with Gasteiger partial charge in [0.2, 0.25) is 0 Å². The van der Waals surface area contributed by atoms with E-state index in [0.717, 1.165) is 27.6 Å². The molecule has 0 bridgehead atoms. The third kappa shape index (κ3) is 3.81. The van der Waals surface area contributed by atoms with Crippen molar-refractivity contribution in [2.24, 2.45) is 0 Å². The predicted molar refractivity (Wildman–Crippen MR) is 108 cm³/mol. The topological polar surface area (TPSA) is 100 Å². The minimum absolute atomic E-state index is 0.160. The molecule has 144 valence electrons. The number of para-hydroxylation sites is 3. The summed E-state index contributed by atoms with van der Waals surface area (Å²) in [5.74, 6) is 0.595. The summed E-state index contributed by atoms with van der Waals surface area (Å²) in [6.07, 6.45) is 2.91. The second kappa shape index (κ2) is 8.11. The van der Waals surface area contributed by atoms with Crippen LogP contribution in [0.25, 0.3) is 10.9 Å². The van der Waals surface area contributed by atoms with Gasteiger partial charge in [0.25, 0.3) is 0 Å². The number of hydrogen-bond acceptors (Lipinski definition) is 8. The Morgan fingerprint density at radius 3 is 2.55 bits per heavy atom. The zero-order valence-corrected chi connectivity index (χ0v) is 16.0. The molecule has 4 aromatic rings. The Bertz CT molecular complexity index is 1200. The summed E-state index contributed by atoms with van der Waals surface area (Å²) in [5, 5.41) is 12.9. The molecular weight excluding hydrogens is 392 g/mol. The highest BCUT2D eigenvalue weighted by Gasteiger charge is 2.27.